The summed E-state index contributed by atoms with van der Waals surface area (Å²) in [5.74, 6) is 0.399. The van der Waals surface area contributed by atoms with Crippen molar-refractivity contribution in [2.24, 2.45) is 0 Å². The number of nitrogens with zero attached hydrogens (tertiary/aromatic N) is 1. The number of nitrogens with two attached hydrogens (primary N) is 1. The molecule has 2 N–H and O–H groups in total. The predicted octanol–water partition coefficient (Wildman–Crippen LogP) is 4.01. The number of anilines is 1. The molecule has 0 bridgehead atoms. The predicted molar refractivity (Wildman–Crippen MR) is 72.7 cm³/mol. The molecule has 0 unspecified atom stereocenters. The van der Waals surface area contributed by atoms with Crippen LogP contribution in [0.15, 0.2) is 22.7 Å². The molecule has 16 heavy (non-hydrogen) atoms. The van der Waals surface area contributed by atoms with Crippen LogP contribution in [0.1, 0.15) is 31.0 Å². The summed E-state index contributed by atoms with van der Waals surface area (Å²) in [6.07, 6.45) is 0. The van der Waals surface area contributed by atoms with Gasteiger partial charge >= 0.3 is 0 Å². The van der Waals surface area contributed by atoms with Crippen LogP contribution < -0.4 is 5.73 Å². The van der Waals surface area contributed by atoms with Crippen LogP contribution in [0.5, 0.6) is 0 Å². The lowest BCUT2D eigenvalue weighted by Crippen LogP contribution is -2.03. The summed E-state index contributed by atoms with van der Waals surface area (Å²) in [4.78, 5) is 4.60. The van der Waals surface area contributed by atoms with Crippen LogP contribution in [0.4, 0.5) is 5.69 Å². The molecule has 84 valence electrons. The standard InChI is InChI=1S/C13H15BrN2/c1-7(2)12-8(3)16-11-5-4-9(14)6-10(11)13(12)15/h4-7H,1-3H3,(H2,15,16). The molecule has 0 aliphatic heterocycles. The summed E-state index contributed by atoms with van der Waals surface area (Å²) in [7, 11) is 0. The van der Waals surface area contributed by atoms with Crippen LogP contribution in [-0.4, -0.2) is 4.98 Å². The third-order valence-corrected chi connectivity index (χ3v) is 3.29. The number of aryl methyl sites for hydroxylation is 1. The molecule has 0 amide bonds. The van der Waals surface area contributed by atoms with E-state index in [0.29, 0.717) is 5.92 Å². The molecule has 0 fully saturated rings. The molecule has 0 saturated carbocycles. The van der Waals surface area contributed by atoms with Gasteiger partial charge in [-0.2, -0.15) is 0 Å². The lowest BCUT2D eigenvalue weighted by molar-refractivity contribution is 0.851. The number of hydrogen-bond donors (Lipinski definition) is 1. The topological polar surface area (TPSA) is 38.9 Å². The second kappa shape index (κ2) is 4.06. The zero-order valence-corrected chi connectivity index (χ0v) is 11.3. The van der Waals surface area contributed by atoms with Crippen molar-refractivity contribution in [3.05, 3.63) is 33.9 Å². The van der Waals surface area contributed by atoms with Gasteiger partial charge in [0.1, 0.15) is 0 Å². The molecule has 2 rings (SSSR count). The quantitative estimate of drug-likeness (QED) is 0.856. The summed E-state index contributed by atoms with van der Waals surface area (Å²) in [6, 6.07) is 6.01. The molecule has 1 heterocycles. The van der Waals surface area contributed by atoms with Crippen LogP contribution in [0, 0.1) is 6.92 Å². The molecule has 1 aromatic heterocycles. The van der Waals surface area contributed by atoms with Crippen molar-refractivity contribution in [2.45, 2.75) is 26.7 Å². The molecular weight excluding hydrogens is 264 g/mol. The van der Waals surface area contributed by atoms with Gasteiger partial charge in [-0.25, -0.2) is 0 Å². The van der Waals surface area contributed by atoms with Crippen molar-refractivity contribution in [2.75, 3.05) is 5.73 Å². The van der Waals surface area contributed by atoms with Gasteiger partial charge in [0.2, 0.25) is 0 Å². The molecule has 2 aromatic rings. The summed E-state index contributed by atoms with van der Waals surface area (Å²) in [5.41, 5.74) is 10.2. The number of halogens is 1. The van der Waals surface area contributed by atoms with Crippen LogP contribution in [0.25, 0.3) is 10.9 Å². The molecule has 0 atom stereocenters. The van der Waals surface area contributed by atoms with E-state index in [1.54, 1.807) is 0 Å². The molecule has 0 aliphatic rings. The van der Waals surface area contributed by atoms with Crippen molar-refractivity contribution >= 4 is 32.5 Å². The van der Waals surface area contributed by atoms with Gasteiger partial charge in [-0.15, -0.1) is 0 Å². The van der Waals surface area contributed by atoms with Crippen LogP contribution in [0.2, 0.25) is 0 Å². The molecule has 0 spiro atoms. The molecule has 0 saturated heterocycles. The van der Waals surface area contributed by atoms with Gasteiger partial charge in [0.15, 0.2) is 0 Å². The second-order valence-electron chi connectivity index (χ2n) is 4.34. The maximum atomic E-state index is 6.23. The Bertz CT molecular complexity index is 547. The molecule has 1 aromatic carbocycles. The van der Waals surface area contributed by atoms with Gasteiger partial charge in [-0.3, -0.25) is 4.98 Å². The number of rotatable bonds is 1. The van der Waals surface area contributed by atoms with E-state index in [1.807, 2.05) is 25.1 Å². The largest absolute Gasteiger partial charge is 0.398 e. The highest BCUT2D eigenvalue weighted by Gasteiger charge is 2.12. The second-order valence-corrected chi connectivity index (χ2v) is 5.26. The fourth-order valence-electron chi connectivity index (χ4n) is 2.13. The first-order valence-corrected chi connectivity index (χ1v) is 6.15. The van der Waals surface area contributed by atoms with E-state index in [-0.39, 0.29) is 0 Å². The normalized spacial score (nSPS) is 11.3. The number of benzene rings is 1. The number of hydrogen-bond acceptors (Lipinski definition) is 2. The Kier molecular flexibility index (Phi) is 2.89. The van der Waals surface area contributed by atoms with Gasteiger partial charge in [0, 0.05) is 21.2 Å². The third kappa shape index (κ3) is 1.80. The van der Waals surface area contributed by atoms with Gasteiger partial charge in [0.05, 0.1) is 5.52 Å². The zero-order chi connectivity index (χ0) is 11.9. The Morgan fingerprint density at radius 1 is 1.31 bits per heavy atom. The van der Waals surface area contributed by atoms with Crippen molar-refractivity contribution < 1.29 is 0 Å². The highest BCUT2D eigenvalue weighted by atomic mass is 79.9. The minimum absolute atomic E-state index is 0.399. The first-order chi connectivity index (χ1) is 7.50. The monoisotopic (exact) mass is 278 g/mol. The first kappa shape index (κ1) is 11.4. The van der Waals surface area contributed by atoms with Crippen molar-refractivity contribution in [3.8, 4) is 0 Å². The zero-order valence-electron chi connectivity index (χ0n) is 9.71. The van der Waals surface area contributed by atoms with E-state index >= 15 is 0 Å². The van der Waals surface area contributed by atoms with E-state index in [2.05, 4.69) is 34.8 Å². The lowest BCUT2D eigenvalue weighted by atomic mass is 9.97. The number of fused-ring (bicyclic) bond motifs is 1. The first-order valence-electron chi connectivity index (χ1n) is 5.36. The Hall–Kier alpha value is -1.09. The van der Waals surface area contributed by atoms with Gasteiger partial charge < -0.3 is 5.73 Å². The van der Waals surface area contributed by atoms with Crippen LogP contribution in [0.3, 0.4) is 0 Å². The fraction of sp³-hybridized carbons (Fsp3) is 0.308. The Morgan fingerprint density at radius 2 is 2.00 bits per heavy atom. The molecule has 2 nitrogen and oxygen atoms in total. The molecule has 0 radical (unpaired) electrons. The fourth-order valence-corrected chi connectivity index (χ4v) is 2.49. The van der Waals surface area contributed by atoms with E-state index in [0.717, 1.165) is 32.3 Å². The van der Waals surface area contributed by atoms with Crippen molar-refractivity contribution in [3.63, 3.8) is 0 Å². The van der Waals surface area contributed by atoms with Crippen LogP contribution in [-0.2, 0) is 0 Å². The molecular formula is C13H15BrN2. The van der Waals surface area contributed by atoms with E-state index in [4.69, 9.17) is 5.73 Å². The SMILES string of the molecule is Cc1nc2ccc(Br)cc2c(N)c1C(C)C. The van der Waals surface area contributed by atoms with Crippen LogP contribution >= 0.6 is 15.9 Å². The number of pyridine rings is 1. The summed E-state index contributed by atoms with van der Waals surface area (Å²) in [5, 5.41) is 1.03. The minimum atomic E-state index is 0.399. The lowest BCUT2D eigenvalue weighted by Gasteiger charge is -2.15. The summed E-state index contributed by atoms with van der Waals surface area (Å²) in [6.45, 7) is 6.31. The van der Waals surface area contributed by atoms with Crippen molar-refractivity contribution in [1.82, 2.24) is 4.98 Å². The highest BCUT2D eigenvalue weighted by Crippen LogP contribution is 2.32. The highest BCUT2D eigenvalue weighted by molar-refractivity contribution is 9.10. The van der Waals surface area contributed by atoms with E-state index in [9.17, 15) is 0 Å². The number of aromatic nitrogens is 1. The maximum Gasteiger partial charge on any atom is 0.0726 e. The van der Waals surface area contributed by atoms with Crippen molar-refractivity contribution in [1.29, 1.82) is 0 Å². The number of nitrogen functional groups attached to an aromatic ring is 1. The Balaban J connectivity index is 2.85. The van der Waals surface area contributed by atoms with Gasteiger partial charge in [-0.1, -0.05) is 29.8 Å². The summed E-state index contributed by atoms with van der Waals surface area (Å²) >= 11 is 3.46. The molecule has 0 aliphatic carbocycles. The van der Waals surface area contributed by atoms with E-state index in [1.165, 1.54) is 0 Å². The third-order valence-electron chi connectivity index (χ3n) is 2.79. The smallest absolute Gasteiger partial charge is 0.0726 e. The van der Waals surface area contributed by atoms with Gasteiger partial charge in [-0.05, 0) is 36.6 Å². The average Bonchev–Trinajstić information content (AvgIpc) is 2.19. The maximum absolute atomic E-state index is 6.23. The Morgan fingerprint density at radius 3 is 2.62 bits per heavy atom. The summed E-state index contributed by atoms with van der Waals surface area (Å²) < 4.78 is 1.03. The Labute approximate surface area is 104 Å². The van der Waals surface area contributed by atoms with E-state index < -0.39 is 0 Å². The average molecular weight is 279 g/mol. The van der Waals surface area contributed by atoms with Gasteiger partial charge in [0.25, 0.3) is 0 Å². The minimum Gasteiger partial charge on any atom is -0.398 e. The molecule has 3 heteroatoms.